The second-order valence-electron chi connectivity index (χ2n) is 16.4. The molecule has 16 heteroatoms. The molecule has 1 N–H and O–H groups in total. The minimum absolute atomic E-state index is 0.00609. The van der Waals surface area contributed by atoms with Gasteiger partial charge in [0.25, 0.3) is 5.56 Å². The third-order valence-corrected chi connectivity index (χ3v) is 20.3. The molecule has 326 valence electrons. The van der Waals surface area contributed by atoms with Crippen molar-refractivity contribution in [3.8, 4) is 11.5 Å². The van der Waals surface area contributed by atoms with Crippen LogP contribution in [0.2, 0.25) is 28.2 Å². The average molecular weight is 927 g/mol. The number of benzene rings is 4. The van der Waals surface area contributed by atoms with Gasteiger partial charge in [0.1, 0.15) is 35.4 Å². The Morgan fingerprint density at radius 1 is 0.836 bits per heavy atom. The van der Waals surface area contributed by atoms with E-state index in [1.807, 2.05) is 110 Å². The molecule has 5 atom stereocenters. The van der Waals surface area contributed by atoms with Crippen molar-refractivity contribution in [2.24, 2.45) is 0 Å². The van der Waals surface area contributed by atoms with Gasteiger partial charge in [0, 0.05) is 28.1 Å². The summed E-state index contributed by atoms with van der Waals surface area (Å²) in [6, 6.07) is 32.4. The summed E-state index contributed by atoms with van der Waals surface area (Å²) in [5.41, 5.74) is 1.14. The van der Waals surface area contributed by atoms with Crippen LogP contribution in [0.3, 0.4) is 0 Å². The number of methoxy groups -OCH3 is 2. The molecule has 1 aliphatic heterocycles. The molecule has 1 saturated heterocycles. The summed E-state index contributed by atoms with van der Waals surface area (Å²) < 4.78 is 43.5. The van der Waals surface area contributed by atoms with Gasteiger partial charge in [-0.3, -0.25) is 19.0 Å². The number of ether oxygens (including phenoxy) is 4. The summed E-state index contributed by atoms with van der Waals surface area (Å²) in [6.45, 7) is 10.8. The van der Waals surface area contributed by atoms with Crippen molar-refractivity contribution >= 4 is 50.4 Å². The monoisotopic (exact) mass is 925 g/mol. The molecule has 2 heterocycles. The van der Waals surface area contributed by atoms with Crippen molar-refractivity contribution in [2.45, 2.75) is 74.8 Å². The zero-order valence-corrected chi connectivity index (χ0v) is 40.1. The first-order valence-corrected chi connectivity index (χ1v) is 26.3. The molecule has 4 aromatic carbocycles. The number of nitrogens with one attached hydrogen (secondary N) is 1. The van der Waals surface area contributed by atoms with Gasteiger partial charge in [-0.2, -0.15) is 0 Å². The number of hydrogen-bond acceptors (Lipinski definition) is 10. The predicted molar refractivity (Wildman–Crippen MR) is 249 cm³/mol. The first-order chi connectivity index (χ1) is 29.0. The maximum absolute atomic E-state index is 13.6. The predicted octanol–water partition coefficient (Wildman–Crippen LogP) is 10.3. The highest BCUT2D eigenvalue weighted by Gasteiger charge is 2.54. The van der Waals surface area contributed by atoms with Crippen LogP contribution in [0.4, 0.5) is 0 Å². The highest BCUT2D eigenvalue weighted by molar-refractivity contribution is 8.53. The topological polar surface area (TPSA) is 113 Å². The van der Waals surface area contributed by atoms with Gasteiger partial charge in [-0.25, -0.2) is 4.79 Å². The van der Waals surface area contributed by atoms with Crippen LogP contribution >= 0.6 is 42.1 Å². The van der Waals surface area contributed by atoms with Crippen LogP contribution in [0.25, 0.3) is 0 Å². The SMILES string of the molecule is COc1ccc(C(OC[C@H]2O[C@@H](n3ccc(=O)[nH]c3=O)[C@H](O[Si](C)(C)C(C)(C)C)[C@@H]2OP(SCc2ccc(Cl)cc2Cl)N(C)C)(c2ccccc2)c2ccc(OC)cc2)cc1. The zero-order valence-electron chi connectivity index (χ0n) is 35.9. The normalized spacial score (nSPS) is 19.0. The van der Waals surface area contributed by atoms with Crippen LogP contribution in [0, 0.1) is 0 Å². The molecule has 6 rings (SSSR count). The number of hydrogen-bond donors (Lipinski definition) is 1. The summed E-state index contributed by atoms with van der Waals surface area (Å²) in [4.78, 5) is 28.4. The van der Waals surface area contributed by atoms with Crippen LogP contribution in [-0.2, 0) is 29.8 Å². The smallest absolute Gasteiger partial charge is 0.330 e. The Labute approximate surface area is 374 Å². The van der Waals surface area contributed by atoms with Gasteiger partial charge in [-0.05, 0) is 90.9 Å². The van der Waals surface area contributed by atoms with E-state index in [1.165, 1.54) is 16.8 Å². The Bertz CT molecular complexity index is 2300. The van der Waals surface area contributed by atoms with E-state index in [-0.39, 0.29) is 11.6 Å². The van der Waals surface area contributed by atoms with Crippen molar-refractivity contribution in [3.63, 3.8) is 0 Å². The van der Waals surface area contributed by atoms with E-state index in [9.17, 15) is 9.59 Å². The quantitative estimate of drug-likeness (QED) is 0.0549. The van der Waals surface area contributed by atoms with E-state index in [0.717, 1.165) is 22.3 Å². The molecule has 11 nitrogen and oxygen atoms in total. The van der Waals surface area contributed by atoms with Gasteiger partial charge >= 0.3 is 5.69 Å². The molecule has 0 aliphatic carbocycles. The third kappa shape index (κ3) is 10.7. The average Bonchev–Trinajstić information content (AvgIpc) is 3.55. The highest BCUT2D eigenvalue weighted by atomic mass is 35.5. The number of halogens is 2. The van der Waals surface area contributed by atoms with E-state index in [0.29, 0.717) is 27.3 Å². The maximum atomic E-state index is 13.6. The molecular formula is C45H54Cl2N3O8PSSi. The number of aromatic amines is 1. The molecule has 61 heavy (non-hydrogen) atoms. The molecule has 1 fully saturated rings. The summed E-state index contributed by atoms with van der Waals surface area (Å²) in [7, 11) is 3.20. The third-order valence-electron chi connectivity index (χ3n) is 11.2. The fraction of sp³-hybridized carbons (Fsp3) is 0.378. The first-order valence-electron chi connectivity index (χ1n) is 19.8. The highest BCUT2D eigenvalue weighted by Crippen LogP contribution is 2.58. The lowest BCUT2D eigenvalue weighted by Gasteiger charge is -2.41. The fourth-order valence-corrected chi connectivity index (χ4v) is 12.1. The Balaban J connectivity index is 1.49. The molecule has 1 aliphatic rings. The summed E-state index contributed by atoms with van der Waals surface area (Å²) >= 11 is 14.5. The summed E-state index contributed by atoms with van der Waals surface area (Å²) in [5, 5.41) is 0.903. The van der Waals surface area contributed by atoms with Crippen molar-refractivity contribution in [1.82, 2.24) is 14.2 Å². The lowest BCUT2D eigenvalue weighted by atomic mass is 9.80. The van der Waals surface area contributed by atoms with Gasteiger partial charge in [0.05, 0.1) is 20.8 Å². The van der Waals surface area contributed by atoms with E-state index < -0.39 is 57.2 Å². The lowest BCUT2D eigenvalue weighted by Crippen LogP contribution is -2.50. The summed E-state index contributed by atoms with van der Waals surface area (Å²) in [5.74, 6) is 1.93. The van der Waals surface area contributed by atoms with Crippen molar-refractivity contribution in [3.05, 3.63) is 162 Å². The second kappa shape index (κ2) is 19.9. The van der Waals surface area contributed by atoms with Gasteiger partial charge in [-0.1, -0.05) is 116 Å². The Kier molecular flexibility index (Phi) is 15.4. The fourth-order valence-electron chi connectivity index (χ4n) is 6.85. The minimum atomic E-state index is -2.60. The van der Waals surface area contributed by atoms with Crippen LogP contribution in [0.15, 0.2) is 119 Å². The summed E-state index contributed by atoms with van der Waals surface area (Å²) in [6.07, 6.45) is -1.89. The van der Waals surface area contributed by atoms with Crippen molar-refractivity contribution in [2.75, 3.05) is 34.9 Å². The lowest BCUT2D eigenvalue weighted by molar-refractivity contribution is -0.0933. The van der Waals surface area contributed by atoms with Gasteiger partial charge in [0.15, 0.2) is 22.0 Å². The Morgan fingerprint density at radius 2 is 1.43 bits per heavy atom. The van der Waals surface area contributed by atoms with Crippen molar-refractivity contribution < 1.29 is 27.9 Å². The van der Waals surface area contributed by atoms with E-state index in [4.69, 9.17) is 51.1 Å². The number of H-pyrrole nitrogens is 1. The largest absolute Gasteiger partial charge is 0.497 e. The first kappa shape index (κ1) is 47.0. The Hall–Kier alpha value is -3.46. The van der Waals surface area contributed by atoms with E-state index in [2.05, 4.69) is 38.8 Å². The van der Waals surface area contributed by atoms with Gasteiger partial charge < -0.3 is 27.9 Å². The number of rotatable bonds is 17. The molecule has 0 amide bonds. The molecule has 1 aromatic heterocycles. The molecule has 5 aromatic rings. The molecule has 1 unspecified atom stereocenters. The van der Waals surface area contributed by atoms with Crippen LogP contribution in [-0.4, -0.2) is 75.8 Å². The van der Waals surface area contributed by atoms with Gasteiger partial charge in [0.2, 0.25) is 0 Å². The zero-order chi connectivity index (χ0) is 44.1. The second-order valence-corrected chi connectivity index (χ2v) is 25.7. The molecule has 0 saturated carbocycles. The van der Waals surface area contributed by atoms with Crippen LogP contribution in [0.1, 0.15) is 49.3 Å². The van der Waals surface area contributed by atoms with Crippen molar-refractivity contribution in [1.29, 1.82) is 0 Å². The maximum Gasteiger partial charge on any atom is 0.330 e. The minimum Gasteiger partial charge on any atom is -0.497 e. The van der Waals surface area contributed by atoms with Crippen LogP contribution in [0.5, 0.6) is 11.5 Å². The number of nitrogens with zero attached hydrogens (tertiary/aromatic N) is 2. The standard InChI is InChI=1S/C45H54Cl2N3O8PSSi/c1-44(2,3)61(8,9)58-41-40(57-59(49(4)5)60-29-30-15-20-34(46)27-37(30)47)38(56-42(41)50-26-25-39(51)48-43(50)52)28-55-45(31-13-11-10-12-14-31,32-16-21-35(53-6)22-17-32)33-18-23-36(54-7)24-19-33/h10-27,38,40-42H,28-29H2,1-9H3,(H,48,51,52)/t38-,40-,41-,42-,59?/m1/s1. The molecule has 0 radical (unpaired) electrons. The van der Waals surface area contributed by atoms with Gasteiger partial charge in [-0.15, -0.1) is 0 Å². The Morgan fingerprint density at radius 3 is 1.95 bits per heavy atom. The van der Waals surface area contributed by atoms with E-state index >= 15 is 0 Å². The molecular weight excluding hydrogens is 873 g/mol. The number of aromatic nitrogens is 2. The molecule has 0 spiro atoms. The van der Waals surface area contributed by atoms with Crippen LogP contribution < -0.4 is 20.7 Å². The van der Waals surface area contributed by atoms with E-state index in [1.54, 1.807) is 31.7 Å². The molecule has 0 bridgehead atoms.